The van der Waals surface area contributed by atoms with Crippen molar-refractivity contribution in [2.45, 2.75) is 13.3 Å². The molecule has 1 saturated heterocycles. The van der Waals surface area contributed by atoms with Gasteiger partial charge in [-0.15, -0.1) is 0 Å². The molecule has 112 valence electrons. The molecule has 0 amide bonds. The molecule has 1 fully saturated rings. The van der Waals surface area contributed by atoms with Crippen LogP contribution in [0.15, 0.2) is 36.7 Å². The summed E-state index contributed by atoms with van der Waals surface area (Å²) in [5.74, 6) is 2.47. The summed E-state index contributed by atoms with van der Waals surface area (Å²) in [6.45, 7) is 4.95. The highest BCUT2D eigenvalue weighted by molar-refractivity contribution is 5.43. The van der Waals surface area contributed by atoms with Gasteiger partial charge in [0.05, 0.1) is 5.56 Å². The molecular weight excluding hydrogens is 274 g/mol. The highest BCUT2D eigenvalue weighted by Gasteiger charge is 2.23. The molecule has 0 bridgehead atoms. The number of hydrogen-bond acceptors (Lipinski definition) is 5. The molecule has 0 unspecified atom stereocenters. The molecule has 0 spiro atoms. The zero-order valence-electron chi connectivity index (χ0n) is 12.7. The van der Waals surface area contributed by atoms with Crippen LogP contribution in [0.25, 0.3) is 0 Å². The van der Waals surface area contributed by atoms with Crippen LogP contribution in [0.2, 0.25) is 0 Å². The van der Waals surface area contributed by atoms with Crippen LogP contribution in [0.1, 0.15) is 17.5 Å². The molecule has 3 rings (SSSR count). The van der Waals surface area contributed by atoms with Gasteiger partial charge in [0.25, 0.3) is 0 Å². The van der Waals surface area contributed by atoms with Gasteiger partial charge in [-0.25, -0.2) is 9.97 Å². The maximum atomic E-state index is 8.81. The summed E-state index contributed by atoms with van der Waals surface area (Å²) in [5.41, 5.74) is 1.77. The molecule has 1 aliphatic heterocycles. The third-order valence-corrected chi connectivity index (χ3v) is 3.97. The summed E-state index contributed by atoms with van der Waals surface area (Å²) in [4.78, 5) is 11.0. The van der Waals surface area contributed by atoms with Crippen molar-refractivity contribution < 1.29 is 0 Å². The van der Waals surface area contributed by atoms with Crippen molar-refractivity contribution in [2.75, 3.05) is 29.9 Å². The largest absolute Gasteiger partial charge is 0.370 e. The summed E-state index contributed by atoms with van der Waals surface area (Å²) >= 11 is 0. The fourth-order valence-corrected chi connectivity index (χ4v) is 2.67. The molecule has 22 heavy (non-hydrogen) atoms. The van der Waals surface area contributed by atoms with E-state index in [4.69, 9.17) is 5.26 Å². The number of hydrogen-bond donors (Lipinski definition) is 1. The number of nitriles is 1. The Bertz CT molecular complexity index is 657. The van der Waals surface area contributed by atoms with Gasteiger partial charge >= 0.3 is 0 Å². The van der Waals surface area contributed by atoms with Crippen LogP contribution in [0, 0.1) is 24.2 Å². The third kappa shape index (κ3) is 3.34. The van der Waals surface area contributed by atoms with E-state index < -0.39 is 0 Å². The highest BCUT2D eigenvalue weighted by Crippen LogP contribution is 2.22. The van der Waals surface area contributed by atoms with E-state index >= 15 is 0 Å². The molecule has 0 aliphatic carbocycles. The molecule has 2 aromatic rings. The minimum absolute atomic E-state index is 0.584. The van der Waals surface area contributed by atoms with Gasteiger partial charge in [0, 0.05) is 32.0 Å². The highest BCUT2D eigenvalue weighted by atomic mass is 15.2. The van der Waals surface area contributed by atoms with E-state index in [0.29, 0.717) is 11.5 Å². The Kier molecular flexibility index (Phi) is 4.19. The first-order valence-electron chi connectivity index (χ1n) is 7.52. The quantitative estimate of drug-likeness (QED) is 0.938. The topological polar surface area (TPSA) is 64.8 Å². The average Bonchev–Trinajstić information content (AvgIpc) is 3.03. The van der Waals surface area contributed by atoms with Gasteiger partial charge in [-0.05, 0) is 43.0 Å². The number of nitrogens with zero attached hydrogens (tertiary/aromatic N) is 4. The molecule has 5 heteroatoms. The first-order valence-corrected chi connectivity index (χ1v) is 7.52. The van der Waals surface area contributed by atoms with Gasteiger partial charge in [-0.2, -0.15) is 5.26 Å². The van der Waals surface area contributed by atoms with Crippen molar-refractivity contribution in [1.29, 1.82) is 5.26 Å². The first-order chi connectivity index (χ1) is 10.7. The van der Waals surface area contributed by atoms with Gasteiger partial charge in [-0.1, -0.05) is 6.07 Å². The van der Waals surface area contributed by atoms with Crippen LogP contribution in [0.5, 0.6) is 0 Å². The lowest BCUT2D eigenvalue weighted by atomic mass is 10.1. The molecule has 0 aromatic carbocycles. The van der Waals surface area contributed by atoms with E-state index in [1.54, 1.807) is 6.20 Å². The van der Waals surface area contributed by atoms with Crippen LogP contribution in [0.3, 0.4) is 0 Å². The Morgan fingerprint density at radius 3 is 2.86 bits per heavy atom. The van der Waals surface area contributed by atoms with Gasteiger partial charge in [-0.3, -0.25) is 0 Å². The maximum absolute atomic E-state index is 8.81. The number of pyridine rings is 2. The molecule has 1 atom stereocenters. The molecule has 0 saturated carbocycles. The van der Waals surface area contributed by atoms with Crippen molar-refractivity contribution in [3.05, 3.63) is 47.8 Å². The van der Waals surface area contributed by atoms with E-state index in [1.165, 1.54) is 5.56 Å². The predicted molar refractivity (Wildman–Crippen MR) is 86.7 cm³/mol. The van der Waals surface area contributed by atoms with Crippen LogP contribution in [-0.2, 0) is 0 Å². The van der Waals surface area contributed by atoms with Crippen molar-refractivity contribution in [1.82, 2.24) is 9.97 Å². The number of rotatable bonds is 4. The Balaban J connectivity index is 1.53. The molecule has 1 N–H and O–H groups in total. The lowest BCUT2D eigenvalue weighted by Gasteiger charge is -2.17. The normalized spacial score (nSPS) is 17.3. The van der Waals surface area contributed by atoms with Gasteiger partial charge in [0.1, 0.15) is 17.7 Å². The molecule has 2 aromatic heterocycles. The Morgan fingerprint density at radius 2 is 2.18 bits per heavy atom. The number of anilines is 2. The third-order valence-electron chi connectivity index (χ3n) is 3.97. The summed E-state index contributed by atoms with van der Waals surface area (Å²) in [5, 5.41) is 12.2. The second-order valence-electron chi connectivity index (χ2n) is 5.72. The lowest BCUT2D eigenvalue weighted by molar-refractivity contribution is 0.621. The smallest absolute Gasteiger partial charge is 0.128 e. The Morgan fingerprint density at radius 1 is 1.27 bits per heavy atom. The summed E-state index contributed by atoms with van der Waals surface area (Å²) in [6, 6.07) is 9.93. The minimum Gasteiger partial charge on any atom is -0.370 e. The Labute approximate surface area is 130 Å². The van der Waals surface area contributed by atoms with E-state index in [0.717, 1.165) is 37.7 Å². The molecular formula is C17H19N5. The van der Waals surface area contributed by atoms with Crippen molar-refractivity contribution in [3.63, 3.8) is 0 Å². The van der Waals surface area contributed by atoms with E-state index in [-0.39, 0.29) is 0 Å². The standard InChI is InChI=1S/C17H19N5/c1-13-2-4-16(19-9-13)20-11-15-6-7-22(12-15)17-5-3-14(8-18)10-21-17/h2-5,9-10,15H,6-7,11-12H2,1H3,(H,19,20)/t15-/m0/s1. The number of aromatic nitrogens is 2. The van der Waals surface area contributed by atoms with Gasteiger partial charge in [0.15, 0.2) is 0 Å². The maximum Gasteiger partial charge on any atom is 0.128 e. The van der Waals surface area contributed by atoms with Crippen molar-refractivity contribution in [3.8, 4) is 6.07 Å². The summed E-state index contributed by atoms with van der Waals surface area (Å²) in [6.07, 6.45) is 4.65. The predicted octanol–water partition coefficient (Wildman–Crippen LogP) is 2.60. The van der Waals surface area contributed by atoms with Gasteiger partial charge in [0.2, 0.25) is 0 Å². The zero-order valence-corrected chi connectivity index (χ0v) is 12.7. The molecule has 1 aliphatic rings. The van der Waals surface area contributed by atoms with E-state index in [9.17, 15) is 0 Å². The molecule has 3 heterocycles. The fourth-order valence-electron chi connectivity index (χ4n) is 2.67. The van der Waals surface area contributed by atoms with Crippen molar-refractivity contribution in [2.24, 2.45) is 5.92 Å². The van der Waals surface area contributed by atoms with E-state index in [2.05, 4.69) is 32.3 Å². The second-order valence-corrected chi connectivity index (χ2v) is 5.72. The minimum atomic E-state index is 0.584. The summed E-state index contributed by atoms with van der Waals surface area (Å²) in [7, 11) is 0. The Hall–Kier alpha value is -2.61. The van der Waals surface area contributed by atoms with Crippen molar-refractivity contribution >= 4 is 11.6 Å². The first kappa shape index (κ1) is 14.3. The lowest BCUT2D eigenvalue weighted by Crippen LogP contribution is -2.23. The monoisotopic (exact) mass is 293 g/mol. The molecule has 0 radical (unpaired) electrons. The van der Waals surface area contributed by atoms with E-state index in [1.807, 2.05) is 31.3 Å². The van der Waals surface area contributed by atoms with Gasteiger partial charge < -0.3 is 10.2 Å². The second kappa shape index (κ2) is 6.44. The number of nitrogens with one attached hydrogen (secondary N) is 1. The average molecular weight is 293 g/mol. The summed E-state index contributed by atoms with van der Waals surface area (Å²) < 4.78 is 0. The number of aryl methyl sites for hydroxylation is 1. The fraction of sp³-hybridized carbons (Fsp3) is 0.353. The SMILES string of the molecule is Cc1ccc(NC[C@@H]2CCN(c3ccc(C#N)cn3)C2)nc1. The van der Waals surface area contributed by atoms with Crippen LogP contribution in [0.4, 0.5) is 11.6 Å². The van der Waals surface area contributed by atoms with Crippen LogP contribution >= 0.6 is 0 Å². The molecule has 5 nitrogen and oxygen atoms in total. The van der Waals surface area contributed by atoms with Crippen LogP contribution in [-0.4, -0.2) is 29.6 Å². The zero-order chi connectivity index (χ0) is 15.4. The van der Waals surface area contributed by atoms with Crippen LogP contribution < -0.4 is 10.2 Å².